The van der Waals surface area contributed by atoms with Crippen molar-refractivity contribution in [3.8, 4) is 23.0 Å². The summed E-state index contributed by atoms with van der Waals surface area (Å²) in [5.41, 5.74) is 0.267. The fourth-order valence-electron chi connectivity index (χ4n) is 2.80. The number of nitrogens with zero attached hydrogens (tertiary/aromatic N) is 1. The van der Waals surface area contributed by atoms with Crippen LogP contribution in [0.15, 0.2) is 41.3 Å². The van der Waals surface area contributed by atoms with Gasteiger partial charge in [-0.1, -0.05) is 0 Å². The molecule has 0 N–H and O–H groups in total. The van der Waals surface area contributed by atoms with Gasteiger partial charge in [-0.25, -0.2) is 17.5 Å². The highest BCUT2D eigenvalue weighted by molar-refractivity contribution is 7.89. The van der Waals surface area contributed by atoms with Crippen molar-refractivity contribution in [2.75, 3.05) is 47.1 Å². The lowest BCUT2D eigenvalue weighted by Crippen LogP contribution is -2.22. The van der Waals surface area contributed by atoms with Crippen molar-refractivity contribution in [2.45, 2.75) is 25.7 Å². The van der Waals surface area contributed by atoms with Gasteiger partial charge >= 0.3 is 5.97 Å². The van der Waals surface area contributed by atoms with E-state index in [0.717, 1.165) is 4.31 Å². The third-order valence-electron chi connectivity index (χ3n) is 4.33. The van der Waals surface area contributed by atoms with Crippen molar-refractivity contribution in [2.24, 2.45) is 0 Å². The summed E-state index contributed by atoms with van der Waals surface area (Å²) in [4.78, 5) is 12.7. The first-order chi connectivity index (χ1) is 15.7. The van der Waals surface area contributed by atoms with Crippen LogP contribution in [-0.4, -0.2) is 65.8 Å². The Labute approximate surface area is 195 Å². The van der Waals surface area contributed by atoms with E-state index in [1.165, 1.54) is 26.2 Å². The Hall–Kier alpha value is -2.98. The highest BCUT2D eigenvalue weighted by Crippen LogP contribution is 2.39. The van der Waals surface area contributed by atoms with Crippen LogP contribution in [0, 0.1) is 0 Å². The van der Waals surface area contributed by atoms with Crippen molar-refractivity contribution in [1.29, 1.82) is 0 Å². The molecule has 0 atom stereocenters. The summed E-state index contributed by atoms with van der Waals surface area (Å²) in [5.74, 6) is 1.15. The molecule has 0 saturated carbocycles. The lowest BCUT2D eigenvalue weighted by Gasteiger charge is -2.17. The first-order valence-electron chi connectivity index (χ1n) is 10.6. The first-order valence-corrected chi connectivity index (χ1v) is 12.1. The number of ether oxygens (including phenoxy) is 5. The van der Waals surface area contributed by atoms with Crippen LogP contribution in [0.1, 0.15) is 31.1 Å². The fourth-order valence-corrected chi connectivity index (χ4v) is 3.70. The molecule has 0 amide bonds. The fraction of sp³-hybridized carbons (Fsp3) is 0.435. The van der Waals surface area contributed by atoms with Crippen LogP contribution in [0.5, 0.6) is 23.0 Å². The van der Waals surface area contributed by atoms with Gasteiger partial charge in [0.2, 0.25) is 15.8 Å². The SMILES string of the molecule is CCOc1cc(C(=O)OCCOc2ccc(S(=O)(=O)N(C)C)cc2)cc(OCC)c1OCC. The quantitative estimate of drug-likeness (QED) is 0.317. The lowest BCUT2D eigenvalue weighted by atomic mass is 10.2. The molecule has 0 unspecified atom stereocenters. The maximum absolute atomic E-state index is 12.6. The molecule has 0 radical (unpaired) electrons. The van der Waals surface area contributed by atoms with E-state index in [2.05, 4.69) is 0 Å². The second-order valence-corrected chi connectivity index (χ2v) is 9.00. The summed E-state index contributed by atoms with van der Waals surface area (Å²) in [6, 6.07) is 9.14. The Morgan fingerprint density at radius 3 is 1.85 bits per heavy atom. The Morgan fingerprint density at radius 2 is 1.36 bits per heavy atom. The van der Waals surface area contributed by atoms with Crippen LogP contribution in [0.25, 0.3) is 0 Å². The second kappa shape index (κ2) is 12.3. The predicted molar refractivity (Wildman–Crippen MR) is 123 cm³/mol. The minimum absolute atomic E-state index is 0.00225. The monoisotopic (exact) mass is 481 g/mol. The molecular formula is C23H31NO8S. The van der Waals surface area contributed by atoms with Gasteiger partial charge in [-0.15, -0.1) is 0 Å². The van der Waals surface area contributed by atoms with Gasteiger partial charge in [0, 0.05) is 14.1 Å². The van der Waals surface area contributed by atoms with Crippen molar-refractivity contribution < 1.29 is 36.9 Å². The van der Waals surface area contributed by atoms with Crippen LogP contribution in [0.4, 0.5) is 0 Å². The number of carbonyl (C=O) groups is 1. The van der Waals surface area contributed by atoms with E-state index < -0.39 is 16.0 Å². The molecule has 2 rings (SSSR count). The van der Waals surface area contributed by atoms with E-state index in [9.17, 15) is 13.2 Å². The van der Waals surface area contributed by atoms with Crippen LogP contribution < -0.4 is 18.9 Å². The average molecular weight is 482 g/mol. The molecule has 0 aliphatic heterocycles. The molecule has 0 heterocycles. The van der Waals surface area contributed by atoms with Crippen molar-refractivity contribution in [3.05, 3.63) is 42.0 Å². The second-order valence-electron chi connectivity index (χ2n) is 6.84. The average Bonchev–Trinajstić information content (AvgIpc) is 2.79. The van der Waals surface area contributed by atoms with Gasteiger partial charge in [0.15, 0.2) is 11.5 Å². The Bertz CT molecular complexity index is 992. The zero-order chi connectivity index (χ0) is 24.4. The topological polar surface area (TPSA) is 101 Å². The summed E-state index contributed by atoms with van der Waals surface area (Å²) >= 11 is 0. The van der Waals surface area contributed by atoms with Crippen molar-refractivity contribution >= 4 is 16.0 Å². The molecule has 0 aliphatic rings. The molecule has 10 heteroatoms. The van der Waals surface area contributed by atoms with Gasteiger partial charge in [0.25, 0.3) is 0 Å². The summed E-state index contributed by atoms with van der Waals surface area (Å²) in [6.45, 7) is 6.82. The number of esters is 1. The van der Waals surface area contributed by atoms with E-state index in [4.69, 9.17) is 23.7 Å². The molecule has 0 saturated heterocycles. The molecule has 0 aliphatic carbocycles. The van der Waals surface area contributed by atoms with Crippen molar-refractivity contribution in [3.63, 3.8) is 0 Å². The molecule has 9 nitrogen and oxygen atoms in total. The minimum Gasteiger partial charge on any atom is -0.490 e. The Balaban J connectivity index is 2.00. The Morgan fingerprint density at radius 1 is 0.818 bits per heavy atom. The molecule has 0 aromatic heterocycles. The number of rotatable bonds is 13. The highest BCUT2D eigenvalue weighted by Gasteiger charge is 2.19. The van der Waals surface area contributed by atoms with Gasteiger partial charge in [0.1, 0.15) is 19.0 Å². The van der Waals surface area contributed by atoms with Gasteiger partial charge in [0.05, 0.1) is 30.3 Å². The molecule has 182 valence electrons. The van der Waals surface area contributed by atoms with Gasteiger partial charge < -0.3 is 23.7 Å². The maximum Gasteiger partial charge on any atom is 0.338 e. The standard InChI is InChI=1S/C23H31NO8S/c1-6-28-20-15-17(16-21(29-7-2)22(20)30-8-3)23(25)32-14-13-31-18-9-11-19(12-10-18)33(26,27)24(4)5/h9-12,15-16H,6-8,13-14H2,1-5H3. The van der Waals surface area contributed by atoms with Crippen LogP contribution in [-0.2, 0) is 14.8 Å². The number of benzene rings is 2. The molecule has 0 bridgehead atoms. The van der Waals surface area contributed by atoms with Gasteiger partial charge in [-0.2, -0.15) is 0 Å². The Kier molecular flexibility index (Phi) is 9.80. The normalized spacial score (nSPS) is 11.2. The number of hydrogen-bond acceptors (Lipinski definition) is 8. The summed E-state index contributed by atoms with van der Waals surface area (Å²) in [5, 5.41) is 0. The van der Waals surface area contributed by atoms with E-state index >= 15 is 0 Å². The molecular weight excluding hydrogens is 450 g/mol. The summed E-state index contributed by atoms with van der Waals surface area (Å²) in [6.07, 6.45) is 0. The number of carbonyl (C=O) groups excluding carboxylic acids is 1. The number of hydrogen-bond donors (Lipinski definition) is 0. The third-order valence-corrected chi connectivity index (χ3v) is 6.16. The summed E-state index contributed by atoms with van der Waals surface area (Å²) in [7, 11) is -0.573. The minimum atomic E-state index is -3.50. The number of sulfonamides is 1. The van der Waals surface area contributed by atoms with Crippen molar-refractivity contribution in [1.82, 2.24) is 4.31 Å². The highest BCUT2D eigenvalue weighted by atomic mass is 32.2. The maximum atomic E-state index is 12.6. The van der Waals surface area contributed by atoms with Crippen LogP contribution >= 0.6 is 0 Å². The van der Waals surface area contributed by atoms with Crippen LogP contribution in [0.2, 0.25) is 0 Å². The van der Waals surface area contributed by atoms with E-state index in [1.54, 1.807) is 24.3 Å². The summed E-state index contributed by atoms with van der Waals surface area (Å²) < 4.78 is 53.1. The third kappa shape index (κ3) is 7.00. The molecule has 0 fully saturated rings. The van der Waals surface area contributed by atoms with E-state index in [1.807, 2.05) is 20.8 Å². The van der Waals surface area contributed by atoms with Gasteiger partial charge in [-0.3, -0.25) is 0 Å². The van der Waals surface area contributed by atoms with Crippen LogP contribution in [0.3, 0.4) is 0 Å². The zero-order valence-electron chi connectivity index (χ0n) is 19.6. The molecule has 2 aromatic carbocycles. The van der Waals surface area contributed by atoms with E-state index in [0.29, 0.717) is 42.8 Å². The molecule has 2 aromatic rings. The largest absolute Gasteiger partial charge is 0.490 e. The zero-order valence-corrected chi connectivity index (χ0v) is 20.4. The van der Waals surface area contributed by atoms with E-state index in [-0.39, 0.29) is 23.7 Å². The lowest BCUT2D eigenvalue weighted by molar-refractivity contribution is 0.0449. The first kappa shape index (κ1) is 26.3. The smallest absolute Gasteiger partial charge is 0.338 e. The predicted octanol–water partition coefficient (Wildman–Crippen LogP) is 3.37. The molecule has 0 spiro atoms. The van der Waals surface area contributed by atoms with Gasteiger partial charge in [-0.05, 0) is 57.2 Å². The molecule has 33 heavy (non-hydrogen) atoms.